The standard InChI is InChI=1S/C28H27ClF2N6O2/c1-16-12-37(13-17(2)28(16,39)18-3-5-20(30)6-4-18)27(38)23-15-36(25-8-7-21(10-32)34-35-25)14-22(23)26-24(31)9-19(29)11-33-26/h3-9,11,16-17,22-23,39H,12-15H2,1-2H3/t16-,17+,22-,23+,28?/m1/s1. The highest BCUT2D eigenvalue weighted by atomic mass is 35.5. The van der Waals surface area contributed by atoms with Gasteiger partial charge in [0.05, 0.1) is 22.2 Å². The van der Waals surface area contributed by atoms with E-state index in [2.05, 4.69) is 15.2 Å². The molecule has 2 aromatic heterocycles. The van der Waals surface area contributed by atoms with Crippen LogP contribution in [0.2, 0.25) is 5.02 Å². The van der Waals surface area contributed by atoms with E-state index in [0.29, 0.717) is 11.4 Å². The average Bonchev–Trinajstić information content (AvgIpc) is 3.36. The van der Waals surface area contributed by atoms with Crippen molar-refractivity contribution in [1.82, 2.24) is 20.1 Å². The fourth-order valence-corrected chi connectivity index (χ4v) is 6.11. The van der Waals surface area contributed by atoms with E-state index in [-0.39, 0.29) is 66.1 Å². The number of pyridine rings is 1. The first-order valence-corrected chi connectivity index (χ1v) is 13.1. The Hall–Kier alpha value is -3.68. The van der Waals surface area contributed by atoms with E-state index in [0.717, 1.165) is 0 Å². The summed E-state index contributed by atoms with van der Waals surface area (Å²) >= 11 is 5.94. The summed E-state index contributed by atoms with van der Waals surface area (Å²) in [6.07, 6.45) is 1.36. The first-order chi connectivity index (χ1) is 18.6. The first kappa shape index (κ1) is 26.9. The average molecular weight is 553 g/mol. The third-order valence-corrected chi connectivity index (χ3v) is 8.23. The monoisotopic (exact) mass is 552 g/mol. The number of hydrogen-bond donors (Lipinski definition) is 1. The molecular weight excluding hydrogens is 526 g/mol. The summed E-state index contributed by atoms with van der Waals surface area (Å²) in [5.41, 5.74) is -0.332. The number of hydrogen-bond acceptors (Lipinski definition) is 7. The van der Waals surface area contributed by atoms with Crippen LogP contribution in [-0.4, -0.2) is 57.3 Å². The molecule has 1 aromatic carbocycles. The van der Waals surface area contributed by atoms with Gasteiger partial charge >= 0.3 is 0 Å². The van der Waals surface area contributed by atoms with Gasteiger partial charge in [0.25, 0.3) is 0 Å². The highest BCUT2D eigenvalue weighted by Gasteiger charge is 2.49. The van der Waals surface area contributed by atoms with Crippen molar-refractivity contribution in [3.05, 3.63) is 82.3 Å². The largest absolute Gasteiger partial charge is 0.384 e. The van der Waals surface area contributed by atoms with Crippen LogP contribution in [0.25, 0.3) is 0 Å². The van der Waals surface area contributed by atoms with Crippen molar-refractivity contribution in [3.8, 4) is 6.07 Å². The van der Waals surface area contributed by atoms with E-state index in [1.807, 2.05) is 24.8 Å². The zero-order valence-corrected chi connectivity index (χ0v) is 22.2. The van der Waals surface area contributed by atoms with Crippen molar-refractivity contribution >= 4 is 23.3 Å². The number of aliphatic hydroxyl groups is 1. The molecule has 0 radical (unpaired) electrons. The number of nitriles is 1. The SMILES string of the molecule is C[C@@H]1CN(C(=O)[C@H]2CN(c3ccc(C#N)nn3)C[C@H]2c2ncc(Cl)cc2F)C[C@H](C)C1(O)c1ccc(F)cc1. The molecular formula is C28H27ClF2N6O2. The van der Waals surface area contributed by atoms with Crippen LogP contribution in [0, 0.1) is 40.7 Å². The molecule has 2 saturated heterocycles. The van der Waals surface area contributed by atoms with Crippen LogP contribution >= 0.6 is 11.6 Å². The molecule has 39 heavy (non-hydrogen) atoms. The highest BCUT2D eigenvalue weighted by molar-refractivity contribution is 6.30. The second-order valence-corrected chi connectivity index (χ2v) is 10.8. The predicted octanol–water partition coefficient (Wildman–Crippen LogP) is 3.90. The van der Waals surface area contributed by atoms with Crippen molar-refractivity contribution in [2.24, 2.45) is 17.8 Å². The molecule has 5 rings (SSSR count). The van der Waals surface area contributed by atoms with Crippen LogP contribution in [0.3, 0.4) is 0 Å². The smallest absolute Gasteiger partial charge is 0.228 e. The fourth-order valence-electron chi connectivity index (χ4n) is 5.97. The van der Waals surface area contributed by atoms with Gasteiger partial charge in [0, 0.05) is 50.1 Å². The lowest BCUT2D eigenvalue weighted by Crippen LogP contribution is -2.57. The maximum atomic E-state index is 15.0. The lowest BCUT2D eigenvalue weighted by molar-refractivity contribution is -0.152. The molecule has 4 heterocycles. The number of aromatic nitrogens is 3. The topological polar surface area (TPSA) is 106 Å². The molecule has 0 bridgehead atoms. The van der Waals surface area contributed by atoms with Crippen LogP contribution in [0.4, 0.5) is 14.6 Å². The molecule has 1 unspecified atom stereocenters. The second kappa shape index (κ2) is 10.5. The van der Waals surface area contributed by atoms with Gasteiger partial charge < -0.3 is 14.9 Å². The Morgan fingerprint density at radius 1 is 1.08 bits per heavy atom. The van der Waals surface area contributed by atoms with Crippen molar-refractivity contribution in [3.63, 3.8) is 0 Å². The summed E-state index contributed by atoms with van der Waals surface area (Å²) in [6.45, 7) is 4.78. The van der Waals surface area contributed by atoms with Crippen molar-refractivity contribution < 1.29 is 18.7 Å². The Bertz CT molecular complexity index is 1400. The lowest BCUT2D eigenvalue weighted by Gasteiger charge is -2.48. The molecule has 2 aliphatic heterocycles. The number of likely N-dealkylation sites (tertiary alicyclic amines) is 1. The van der Waals surface area contributed by atoms with Gasteiger partial charge in [-0.15, -0.1) is 10.2 Å². The second-order valence-electron chi connectivity index (χ2n) is 10.4. The Morgan fingerprint density at radius 3 is 2.36 bits per heavy atom. The van der Waals surface area contributed by atoms with E-state index >= 15 is 4.39 Å². The van der Waals surface area contributed by atoms with Crippen LogP contribution in [0.15, 0.2) is 48.7 Å². The van der Waals surface area contributed by atoms with E-state index in [9.17, 15) is 14.3 Å². The van der Waals surface area contributed by atoms with E-state index in [4.69, 9.17) is 16.9 Å². The van der Waals surface area contributed by atoms with Crippen LogP contribution in [0.1, 0.15) is 36.7 Å². The molecule has 0 aliphatic carbocycles. The summed E-state index contributed by atoms with van der Waals surface area (Å²) in [6, 6.07) is 12.1. The molecule has 5 atom stereocenters. The predicted molar refractivity (Wildman–Crippen MR) is 140 cm³/mol. The summed E-state index contributed by atoms with van der Waals surface area (Å²) in [5.74, 6) is -2.62. The molecule has 0 spiro atoms. The summed E-state index contributed by atoms with van der Waals surface area (Å²) < 4.78 is 28.6. The molecule has 8 nitrogen and oxygen atoms in total. The molecule has 11 heteroatoms. The van der Waals surface area contributed by atoms with Crippen molar-refractivity contribution in [1.29, 1.82) is 5.26 Å². The number of anilines is 1. The van der Waals surface area contributed by atoms with E-state index in [1.54, 1.807) is 23.1 Å². The van der Waals surface area contributed by atoms with Gasteiger partial charge in [-0.3, -0.25) is 9.78 Å². The van der Waals surface area contributed by atoms with Gasteiger partial charge in [-0.1, -0.05) is 37.6 Å². The molecule has 1 N–H and O–H groups in total. The van der Waals surface area contributed by atoms with E-state index in [1.165, 1.54) is 30.5 Å². The van der Waals surface area contributed by atoms with Crippen LogP contribution in [-0.2, 0) is 10.4 Å². The molecule has 202 valence electrons. The summed E-state index contributed by atoms with van der Waals surface area (Å²) in [5, 5.41) is 28.9. The quantitative estimate of drug-likeness (QED) is 0.523. The normalized spacial score (nSPS) is 26.9. The third-order valence-electron chi connectivity index (χ3n) is 8.02. The number of nitrogens with zero attached hydrogens (tertiary/aromatic N) is 6. The minimum absolute atomic E-state index is 0.141. The minimum Gasteiger partial charge on any atom is -0.384 e. The number of carbonyl (C=O) groups is 1. The van der Waals surface area contributed by atoms with Crippen LogP contribution in [0.5, 0.6) is 0 Å². The number of rotatable bonds is 4. The third kappa shape index (κ3) is 4.92. The molecule has 2 aliphatic rings. The maximum absolute atomic E-state index is 15.0. The molecule has 3 aromatic rings. The summed E-state index contributed by atoms with van der Waals surface area (Å²) in [4.78, 5) is 21.8. The number of halogens is 3. The maximum Gasteiger partial charge on any atom is 0.228 e. The van der Waals surface area contributed by atoms with Gasteiger partial charge in [0.2, 0.25) is 5.91 Å². The number of benzene rings is 1. The fraction of sp³-hybridized carbons (Fsp3) is 0.393. The van der Waals surface area contributed by atoms with Gasteiger partial charge in [-0.25, -0.2) is 8.78 Å². The van der Waals surface area contributed by atoms with Crippen molar-refractivity contribution in [2.45, 2.75) is 25.4 Å². The van der Waals surface area contributed by atoms with Crippen molar-refractivity contribution in [2.75, 3.05) is 31.1 Å². The van der Waals surface area contributed by atoms with Gasteiger partial charge in [-0.05, 0) is 35.9 Å². The number of amides is 1. The first-order valence-electron chi connectivity index (χ1n) is 12.7. The minimum atomic E-state index is -1.24. The Balaban J connectivity index is 1.43. The number of carbonyl (C=O) groups excluding carboxylic acids is 1. The Kier molecular flexibility index (Phi) is 7.23. The molecule has 2 fully saturated rings. The van der Waals surface area contributed by atoms with Gasteiger partial charge in [0.15, 0.2) is 11.5 Å². The lowest BCUT2D eigenvalue weighted by atomic mass is 9.70. The molecule has 1 amide bonds. The zero-order chi connectivity index (χ0) is 27.9. The number of piperidine rings is 1. The van der Waals surface area contributed by atoms with Crippen LogP contribution < -0.4 is 4.90 Å². The van der Waals surface area contributed by atoms with Gasteiger partial charge in [0.1, 0.15) is 17.7 Å². The van der Waals surface area contributed by atoms with Gasteiger partial charge in [-0.2, -0.15) is 5.26 Å². The highest BCUT2D eigenvalue weighted by Crippen LogP contribution is 2.43. The summed E-state index contributed by atoms with van der Waals surface area (Å²) in [7, 11) is 0. The zero-order valence-electron chi connectivity index (χ0n) is 21.4. The Morgan fingerprint density at radius 2 is 1.77 bits per heavy atom. The van der Waals surface area contributed by atoms with E-state index < -0.39 is 23.3 Å². The Labute approximate surface area is 229 Å². The molecule has 0 saturated carbocycles.